The third-order valence-electron chi connectivity index (χ3n) is 3.92. The van der Waals surface area contributed by atoms with Crippen LogP contribution < -0.4 is 0 Å². The van der Waals surface area contributed by atoms with E-state index >= 15 is 0 Å². The molecular weight excluding hydrogens is 236 g/mol. The fourth-order valence-corrected chi connectivity index (χ4v) is 2.80. The lowest BCUT2D eigenvalue weighted by Gasteiger charge is -2.17. The third kappa shape index (κ3) is 2.74. The van der Waals surface area contributed by atoms with Gasteiger partial charge < -0.3 is 9.15 Å². The molecule has 1 aromatic carbocycles. The molecule has 0 saturated heterocycles. The molecule has 100 valence electrons. The highest BCUT2D eigenvalue weighted by Crippen LogP contribution is 2.30. The van der Waals surface area contributed by atoms with Crippen LogP contribution in [0, 0.1) is 0 Å². The SMILES string of the molecule is COC1CCCCc2oc(-c3ccccc3)cc2C1. The van der Waals surface area contributed by atoms with Crippen LogP contribution in [-0.4, -0.2) is 13.2 Å². The van der Waals surface area contributed by atoms with E-state index in [0.717, 1.165) is 36.3 Å². The van der Waals surface area contributed by atoms with Gasteiger partial charge in [0, 0.05) is 25.5 Å². The molecule has 1 unspecified atom stereocenters. The summed E-state index contributed by atoms with van der Waals surface area (Å²) >= 11 is 0. The predicted octanol–water partition coefficient (Wildman–Crippen LogP) is 4.23. The van der Waals surface area contributed by atoms with Crippen molar-refractivity contribution in [3.05, 3.63) is 47.7 Å². The second-order valence-corrected chi connectivity index (χ2v) is 5.23. The van der Waals surface area contributed by atoms with Gasteiger partial charge in [0.1, 0.15) is 11.5 Å². The summed E-state index contributed by atoms with van der Waals surface area (Å²) in [4.78, 5) is 0. The summed E-state index contributed by atoms with van der Waals surface area (Å²) in [6.07, 6.45) is 5.93. The number of ether oxygens (including phenoxy) is 1. The van der Waals surface area contributed by atoms with Gasteiger partial charge in [-0.1, -0.05) is 36.8 Å². The maximum Gasteiger partial charge on any atom is 0.134 e. The van der Waals surface area contributed by atoms with E-state index in [4.69, 9.17) is 9.15 Å². The van der Waals surface area contributed by atoms with Crippen LogP contribution in [0.2, 0.25) is 0 Å². The first-order valence-electron chi connectivity index (χ1n) is 7.06. The van der Waals surface area contributed by atoms with Crippen LogP contribution in [0.15, 0.2) is 40.8 Å². The van der Waals surface area contributed by atoms with E-state index in [9.17, 15) is 0 Å². The van der Waals surface area contributed by atoms with E-state index in [1.807, 2.05) is 25.3 Å². The Morgan fingerprint density at radius 1 is 1.16 bits per heavy atom. The van der Waals surface area contributed by atoms with E-state index in [1.165, 1.54) is 18.4 Å². The molecule has 1 aromatic heterocycles. The lowest BCUT2D eigenvalue weighted by atomic mass is 9.97. The second-order valence-electron chi connectivity index (χ2n) is 5.23. The molecule has 0 aliphatic heterocycles. The van der Waals surface area contributed by atoms with E-state index in [2.05, 4.69) is 18.2 Å². The molecule has 0 radical (unpaired) electrons. The molecule has 0 N–H and O–H groups in total. The van der Waals surface area contributed by atoms with Crippen LogP contribution in [0.3, 0.4) is 0 Å². The van der Waals surface area contributed by atoms with Crippen LogP contribution in [-0.2, 0) is 17.6 Å². The first kappa shape index (κ1) is 12.5. The van der Waals surface area contributed by atoms with Gasteiger partial charge in [0.15, 0.2) is 0 Å². The molecule has 0 amide bonds. The van der Waals surface area contributed by atoms with E-state index in [-0.39, 0.29) is 0 Å². The van der Waals surface area contributed by atoms with Gasteiger partial charge in [-0.3, -0.25) is 0 Å². The fraction of sp³-hybridized carbons (Fsp3) is 0.412. The van der Waals surface area contributed by atoms with Crippen molar-refractivity contribution in [2.75, 3.05) is 7.11 Å². The normalized spacial score (nSPS) is 19.5. The molecular formula is C17H20O2. The summed E-state index contributed by atoms with van der Waals surface area (Å²) in [6, 6.07) is 12.5. The Bertz CT molecular complexity index is 527. The molecule has 0 bridgehead atoms. The highest BCUT2D eigenvalue weighted by molar-refractivity contribution is 5.58. The number of hydrogen-bond donors (Lipinski definition) is 0. The highest BCUT2D eigenvalue weighted by atomic mass is 16.5. The molecule has 1 atom stereocenters. The molecule has 1 aliphatic carbocycles. The third-order valence-corrected chi connectivity index (χ3v) is 3.92. The largest absolute Gasteiger partial charge is 0.461 e. The van der Waals surface area contributed by atoms with Gasteiger partial charge in [0.05, 0.1) is 6.10 Å². The molecule has 2 aromatic rings. The average Bonchev–Trinajstić information content (AvgIpc) is 2.82. The first-order valence-corrected chi connectivity index (χ1v) is 7.06. The standard InChI is InChI=1S/C17H20O2/c1-18-15-9-5-6-10-16-14(11-15)12-17(19-16)13-7-3-2-4-8-13/h2-4,7-8,12,15H,5-6,9-11H2,1H3. The molecule has 2 heteroatoms. The van der Waals surface area contributed by atoms with Crippen LogP contribution >= 0.6 is 0 Å². The Kier molecular flexibility index (Phi) is 3.69. The van der Waals surface area contributed by atoms with Gasteiger partial charge in [0.2, 0.25) is 0 Å². The van der Waals surface area contributed by atoms with Crippen LogP contribution in [0.5, 0.6) is 0 Å². The average molecular weight is 256 g/mol. The van der Waals surface area contributed by atoms with E-state index < -0.39 is 0 Å². The molecule has 0 saturated carbocycles. The summed E-state index contributed by atoms with van der Waals surface area (Å²) in [7, 11) is 1.81. The van der Waals surface area contributed by atoms with Gasteiger partial charge in [-0.05, 0) is 24.5 Å². The zero-order chi connectivity index (χ0) is 13.1. The fourth-order valence-electron chi connectivity index (χ4n) is 2.80. The number of methoxy groups -OCH3 is 1. The van der Waals surface area contributed by atoms with Crippen molar-refractivity contribution in [1.29, 1.82) is 0 Å². The van der Waals surface area contributed by atoms with Crippen molar-refractivity contribution < 1.29 is 9.15 Å². The summed E-state index contributed by atoms with van der Waals surface area (Å²) in [6.45, 7) is 0. The Morgan fingerprint density at radius 3 is 2.79 bits per heavy atom. The van der Waals surface area contributed by atoms with Crippen LogP contribution in [0.25, 0.3) is 11.3 Å². The Labute approximate surface area is 114 Å². The Morgan fingerprint density at radius 2 is 2.00 bits per heavy atom. The van der Waals surface area contributed by atoms with Crippen molar-refractivity contribution in [2.45, 2.75) is 38.2 Å². The van der Waals surface area contributed by atoms with Gasteiger partial charge in [-0.25, -0.2) is 0 Å². The van der Waals surface area contributed by atoms with Gasteiger partial charge in [-0.2, -0.15) is 0 Å². The number of fused-ring (bicyclic) bond motifs is 1. The molecule has 19 heavy (non-hydrogen) atoms. The number of aryl methyl sites for hydroxylation is 1. The lowest BCUT2D eigenvalue weighted by molar-refractivity contribution is 0.0912. The number of furan rings is 1. The monoisotopic (exact) mass is 256 g/mol. The quantitative estimate of drug-likeness (QED) is 0.802. The molecule has 3 rings (SSSR count). The topological polar surface area (TPSA) is 22.4 Å². The minimum absolute atomic E-state index is 0.334. The van der Waals surface area contributed by atoms with Crippen molar-refractivity contribution >= 4 is 0 Å². The van der Waals surface area contributed by atoms with E-state index in [0.29, 0.717) is 6.10 Å². The summed E-state index contributed by atoms with van der Waals surface area (Å²) in [5, 5.41) is 0. The maximum absolute atomic E-state index is 6.06. The number of benzene rings is 1. The summed E-state index contributed by atoms with van der Waals surface area (Å²) in [5.74, 6) is 2.14. The van der Waals surface area contributed by atoms with Crippen molar-refractivity contribution in [2.24, 2.45) is 0 Å². The Balaban J connectivity index is 1.92. The van der Waals surface area contributed by atoms with Crippen LogP contribution in [0.4, 0.5) is 0 Å². The zero-order valence-electron chi connectivity index (χ0n) is 11.4. The minimum atomic E-state index is 0.334. The number of rotatable bonds is 2. The highest BCUT2D eigenvalue weighted by Gasteiger charge is 2.19. The van der Waals surface area contributed by atoms with E-state index in [1.54, 1.807) is 0 Å². The zero-order valence-corrected chi connectivity index (χ0v) is 11.4. The second kappa shape index (κ2) is 5.62. The lowest BCUT2D eigenvalue weighted by Crippen LogP contribution is -2.16. The van der Waals surface area contributed by atoms with Crippen molar-refractivity contribution in [3.63, 3.8) is 0 Å². The minimum Gasteiger partial charge on any atom is -0.461 e. The smallest absolute Gasteiger partial charge is 0.134 e. The Hall–Kier alpha value is -1.54. The van der Waals surface area contributed by atoms with Crippen molar-refractivity contribution in [1.82, 2.24) is 0 Å². The number of hydrogen-bond acceptors (Lipinski definition) is 2. The first-order chi connectivity index (χ1) is 9.36. The predicted molar refractivity (Wildman–Crippen MR) is 76.2 cm³/mol. The molecule has 1 heterocycles. The van der Waals surface area contributed by atoms with Gasteiger partial charge in [-0.15, -0.1) is 0 Å². The van der Waals surface area contributed by atoms with Crippen LogP contribution in [0.1, 0.15) is 30.6 Å². The molecule has 1 aliphatic rings. The van der Waals surface area contributed by atoms with Gasteiger partial charge in [0.25, 0.3) is 0 Å². The summed E-state index contributed by atoms with van der Waals surface area (Å²) in [5.41, 5.74) is 2.48. The molecule has 2 nitrogen and oxygen atoms in total. The molecule has 0 fully saturated rings. The van der Waals surface area contributed by atoms with Gasteiger partial charge >= 0.3 is 0 Å². The molecule has 0 spiro atoms. The maximum atomic E-state index is 6.06. The summed E-state index contributed by atoms with van der Waals surface area (Å²) < 4.78 is 11.6. The van der Waals surface area contributed by atoms with Crippen molar-refractivity contribution in [3.8, 4) is 11.3 Å².